The molecular formula is C16H19NO2. The van der Waals surface area contributed by atoms with Crippen LogP contribution in [0, 0.1) is 18.3 Å². The number of nitrogens with zero attached hydrogens (tertiary/aromatic N) is 1. The minimum atomic E-state index is -0.348. The standard InChI is InChI=1S/C16H19NO2/c1-3-15(14-10-7-11-14)17(2)16(18)19-12-13-8-5-4-6-9-13/h1,4-6,8-9,14-15H,7,10-12H2,2H3. The highest BCUT2D eigenvalue weighted by Crippen LogP contribution is 2.31. The van der Waals surface area contributed by atoms with Gasteiger partial charge in [-0.25, -0.2) is 4.79 Å². The maximum atomic E-state index is 12.0. The van der Waals surface area contributed by atoms with Crippen LogP contribution in [0.5, 0.6) is 0 Å². The van der Waals surface area contributed by atoms with Crippen LogP contribution in [0.1, 0.15) is 24.8 Å². The van der Waals surface area contributed by atoms with E-state index in [9.17, 15) is 4.79 Å². The Kier molecular flexibility index (Phi) is 4.46. The zero-order chi connectivity index (χ0) is 13.7. The van der Waals surface area contributed by atoms with Gasteiger partial charge in [-0.15, -0.1) is 6.42 Å². The molecule has 1 aliphatic rings. The van der Waals surface area contributed by atoms with Gasteiger partial charge in [0.25, 0.3) is 0 Å². The van der Waals surface area contributed by atoms with Gasteiger partial charge in [0.15, 0.2) is 0 Å². The van der Waals surface area contributed by atoms with Crippen molar-refractivity contribution in [3.63, 3.8) is 0 Å². The van der Waals surface area contributed by atoms with Crippen molar-refractivity contribution in [2.24, 2.45) is 5.92 Å². The number of benzene rings is 1. The van der Waals surface area contributed by atoms with Crippen molar-refractivity contribution in [3.8, 4) is 12.3 Å². The molecule has 0 spiro atoms. The summed E-state index contributed by atoms with van der Waals surface area (Å²) in [5.74, 6) is 3.14. The Labute approximate surface area is 114 Å². The molecule has 1 unspecified atom stereocenters. The van der Waals surface area contributed by atoms with Gasteiger partial charge in [0.2, 0.25) is 0 Å². The molecule has 0 N–H and O–H groups in total. The first-order valence-electron chi connectivity index (χ1n) is 6.62. The van der Waals surface area contributed by atoms with Crippen LogP contribution in [-0.4, -0.2) is 24.1 Å². The highest BCUT2D eigenvalue weighted by Gasteiger charge is 2.31. The molecule has 1 atom stereocenters. The summed E-state index contributed by atoms with van der Waals surface area (Å²) in [6, 6.07) is 9.49. The van der Waals surface area contributed by atoms with Gasteiger partial charge in [0, 0.05) is 7.05 Å². The molecule has 1 amide bonds. The number of hydrogen-bond donors (Lipinski definition) is 0. The second kappa shape index (κ2) is 6.29. The van der Waals surface area contributed by atoms with Gasteiger partial charge in [0.1, 0.15) is 6.61 Å². The summed E-state index contributed by atoms with van der Waals surface area (Å²) in [4.78, 5) is 13.5. The van der Waals surface area contributed by atoms with E-state index in [0.29, 0.717) is 5.92 Å². The van der Waals surface area contributed by atoms with Gasteiger partial charge < -0.3 is 4.74 Å². The third-order valence-electron chi connectivity index (χ3n) is 3.68. The molecule has 1 aromatic carbocycles. The first kappa shape index (κ1) is 13.5. The number of carbonyl (C=O) groups excluding carboxylic acids is 1. The lowest BCUT2D eigenvalue weighted by Crippen LogP contribution is -2.43. The largest absolute Gasteiger partial charge is 0.445 e. The van der Waals surface area contributed by atoms with Crippen LogP contribution >= 0.6 is 0 Å². The Bertz CT molecular complexity index is 459. The van der Waals surface area contributed by atoms with Gasteiger partial charge >= 0.3 is 6.09 Å². The average Bonchev–Trinajstić information content (AvgIpc) is 2.40. The predicted molar refractivity (Wildman–Crippen MR) is 74.4 cm³/mol. The van der Waals surface area contributed by atoms with E-state index in [1.165, 1.54) is 6.42 Å². The number of amides is 1. The van der Waals surface area contributed by atoms with Crippen LogP contribution in [0.15, 0.2) is 30.3 Å². The number of ether oxygens (including phenoxy) is 1. The van der Waals surface area contributed by atoms with Crippen molar-refractivity contribution in [3.05, 3.63) is 35.9 Å². The maximum absolute atomic E-state index is 12.0. The van der Waals surface area contributed by atoms with Crippen LogP contribution in [0.25, 0.3) is 0 Å². The molecule has 100 valence electrons. The number of terminal acetylenes is 1. The average molecular weight is 257 g/mol. The summed E-state index contributed by atoms with van der Waals surface area (Å²) in [5, 5.41) is 0. The second-order valence-electron chi connectivity index (χ2n) is 4.95. The summed E-state index contributed by atoms with van der Waals surface area (Å²) >= 11 is 0. The molecule has 19 heavy (non-hydrogen) atoms. The Morgan fingerprint density at radius 1 is 1.47 bits per heavy atom. The zero-order valence-electron chi connectivity index (χ0n) is 11.2. The number of carbonyl (C=O) groups is 1. The van der Waals surface area contributed by atoms with Crippen LogP contribution in [0.3, 0.4) is 0 Å². The Morgan fingerprint density at radius 3 is 2.68 bits per heavy atom. The SMILES string of the molecule is C#CC(C1CCC1)N(C)C(=O)OCc1ccccc1. The summed E-state index contributed by atoms with van der Waals surface area (Å²) in [6.45, 7) is 0.284. The fourth-order valence-corrected chi connectivity index (χ4v) is 2.25. The van der Waals surface area contributed by atoms with Gasteiger partial charge in [-0.1, -0.05) is 42.7 Å². The minimum Gasteiger partial charge on any atom is -0.445 e. The molecule has 0 saturated heterocycles. The topological polar surface area (TPSA) is 29.5 Å². The van der Waals surface area contributed by atoms with E-state index in [1.54, 1.807) is 11.9 Å². The molecule has 0 heterocycles. The van der Waals surface area contributed by atoms with Crippen molar-refractivity contribution >= 4 is 6.09 Å². The van der Waals surface area contributed by atoms with Gasteiger partial charge in [-0.3, -0.25) is 4.90 Å². The third kappa shape index (κ3) is 3.29. The number of rotatable bonds is 4. The summed E-state index contributed by atoms with van der Waals surface area (Å²) in [6.07, 6.45) is 8.59. The van der Waals surface area contributed by atoms with Crippen molar-refractivity contribution in [2.75, 3.05) is 7.05 Å². The predicted octanol–water partition coefficient (Wildman–Crippen LogP) is 3.06. The van der Waals surface area contributed by atoms with E-state index in [-0.39, 0.29) is 18.7 Å². The van der Waals surface area contributed by atoms with E-state index in [1.807, 2.05) is 30.3 Å². The Morgan fingerprint density at radius 2 is 2.16 bits per heavy atom. The second-order valence-corrected chi connectivity index (χ2v) is 4.95. The zero-order valence-corrected chi connectivity index (χ0v) is 11.2. The summed E-state index contributed by atoms with van der Waals surface area (Å²) in [5.41, 5.74) is 0.977. The van der Waals surface area contributed by atoms with Gasteiger partial charge in [-0.05, 0) is 24.3 Å². The van der Waals surface area contributed by atoms with Crippen LogP contribution in [0.4, 0.5) is 4.79 Å². The number of hydrogen-bond acceptors (Lipinski definition) is 2. The molecule has 3 heteroatoms. The summed E-state index contributed by atoms with van der Waals surface area (Å²) in [7, 11) is 1.72. The van der Waals surface area contributed by atoms with E-state index in [0.717, 1.165) is 18.4 Å². The quantitative estimate of drug-likeness (QED) is 0.776. The lowest BCUT2D eigenvalue weighted by Gasteiger charge is -2.35. The molecule has 0 aliphatic heterocycles. The van der Waals surface area contributed by atoms with Crippen molar-refractivity contribution in [1.29, 1.82) is 0 Å². The lowest BCUT2D eigenvalue weighted by molar-refractivity contribution is 0.0798. The molecule has 3 nitrogen and oxygen atoms in total. The smallest absolute Gasteiger partial charge is 0.410 e. The molecule has 1 saturated carbocycles. The van der Waals surface area contributed by atoms with Crippen LogP contribution in [-0.2, 0) is 11.3 Å². The molecule has 1 fully saturated rings. The molecule has 2 rings (SSSR count). The molecule has 0 bridgehead atoms. The monoisotopic (exact) mass is 257 g/mol. The third-order valence-corrected chi connectivity index (χ3v) is 3.68. The van der Waals surface area contributed by atoms with Gasteiger partial charge in [-0.2, -0.15) is 0 Å². The highest BCUT2D eigenvalue weighted by atomic mass is 16.6. The van der Waals surface area contributed by atoms with E-state index >= 15 is 0 Å². The molecule has 1 aliphatic carbocycles. The first-order chi connectivity index (χ1) is 9.22. The Balaban J connectivity index is 1.86. The van der Waals surface area contributed by atoms with E-state index in [2.05, 4.69) is 5.92 Å². The minimum absolute atomic E-state index is 0.142. The molecule has 0 radical (unpaired) electrons. The Hall–Kier alpha value is -1.95. The normalized spacial score (nSPS) is 16.0. The molecule has 0 aromatic heterocycles. The maximum Gasteiger partial charge on any atom is 0.410 e. The van der Waals surface area contributed by atoms with Crippen molar-refractivity contribution in [2.45, 2.75) is 31.9 Å². The fraction of sp³-hybridized carbons (Fsp3) is 0.438. The summed E-state index contributed by atoms with van der Waals surface area (Å²) < 4.78 is 5.28. The van der Waals surface area contributed by atoms with E-state index in [4.69, 9.17) is 11.2 Å². The first-order valence-corrected chi connectivity index (χ1v) is 6.62. The van der Waals surface area contributed by atoms with E-state index < -0.39 is 0 Å². The fourth-order valence-electron chi connectivity index (χ4n) is 2.25. The lowest BCUT2D eigenvalue weighted by atomic mass is 9.79. The highest BCUT2D eigenvalue weighted by molar-refractivity contribution is 5.68. The van der Waals surface area contributed by atoms with Crippen molar-refractivity contribution < 1.29 is 9.53 Å². The van der Waals surface area contributed by atoms with Crippen molar-refractivity contribution in [1.82, 2.24) is 4.90 Å². The molecule has 1 aromatic rings. The van der Waals surface area contributed by atoms with Gasteiger partial charge in [0.05, 0.1) is 6.04 Å². The molecular weight excluding hydrogens is 238 g/mol. The van der Waals surface area contributed by atoms with Crippen LogP contribution < -0.4 is 0 Å². The van der Waals surface area contributed by atoms with Crippen LogP contribution in [0.2, 0.25) is 0 Å².